The van der Waals surface area contributed by atoms with Gasteiger partial charge >= 0.3 is 0 Å². The second-order valence-corrected chi connectivity index (χ2v) is 16.3. The minimum Gasteiger partial charge on any atom is -0.382 e. The van der Waals surface area contributed by atoms with E-state index in [4.69, 9.17) is 28.4 Å². The van der Waals surface area contributed by atoms with Gasteiger partial charge in [-0.15, -0.1) is 0 Å². The fourth-order valence-electron chi connectivity index (χ4n) is 6.47. The summed E-state index contributed by atoms with van der Waals surface area (Å²) in [6, 6.07) is 67.8. The molecule has 3 heterocycles. The molecular weight excluding hydrogens is 841 g/mol. The van der Waals surface area contributed by atoms with Crippen LogP contribution in [-0.2, 0) is 54.1 Å². The predicted molar refractivity (Wildman–Crippen MR) is 287 cm³/mol. The van der Waals surface area contributed by atoms with Crippen molar-refractivity contribution in [2.75, 3.05) is 61.0 Å². The van der Waals surface area contributed by atoms with Crippen LogP contribution in [0.1, 0.15) is 49.9 Å². The standard InChI is InChI=1S/3C10H8.2C10H14.3C4H8O2/c3*1-2-6-10-8-4-3-7-9(10)5-1;2*1-3-9-5-7-10(4-2)8-6-9;3*1-5-2-4-3-6-4/h3*1-8H;2*5-8H,3-4H2,1-2H3;3*4H,2-3H2,1H3. The van der Waals surface area contributed by atoms with Crippen LogP contribution in [-0.4, -0.2) is 79.3 Å². The molecular formula is C62H76O6. The quantitative estimate of drug-likeness (QED) is 0.127. The fourth-order valence-corrected chi connectivity index (χ4v) is 6.47. The molecule has 11 rings (SSSR count). The van der Waals surface area contributed by atoms with Gasteiger partial charge in [0.25, 0.3) is 0 Å². The zero-order chi connectivity index (χ0) is 48.4. The van der Waals surface area contributed by atoms with Gasteiger partial charge in [0.05, 0.1) is 39.6 Å². The summed E-state index contributed by atoms with van der Waals surface area (Å²) < 4.78 is 28.7. The topological polar surface area (TPSA) is 65.3 Å². The van der Waals surface area contributed by atoms with E-state index in [2.05, 4.69) is 222 Å². The van der Waals surface area contributed by atoms with Gasteiger partial charge in [-0.3, -0.25) is 0 Å². The van der Waals surface area contributed by atoms with Crippen molar-refractivity contribution in [2.24, 2.45) is 0 Å². The smallest absolute Gasteiger partial charge is 0.104 e. The highest BCUT2D eigenvalue weighted by atomic mass is 16.6. The zero-order valence-corrected chi connectivity index (χ0v) is 41.7. The fraction of sp³-hybridized carbons (Fsp3) is 0.323. The third-order valence-corrected chi connectivity index (χ3v) is 10.9. The van der Waals surface area contributed by atoms with Crippen LogP contribution in [0.15, 0.2) is 194 Å². The Hall–Kier alpha value is -5.70. The molecule has 0 bridgehead atoms. The zero-order valence-electron chi connectivity index (χ0n) is 41.7. The first-order valence-corrected chi connectivity index (χ1v) is 24.2. The van der Waals surface area contributed by atoms with Gasteiger partial charge < -0.3 is 28.4 Å². The highest BCUT2D eigenvalue weighted by Gasteiger charge is 2.22. The molecule has 6 heteroatoms. The summed E-state index contributed by atoms with van der Waals surface area (Å²) in [7, 11) is 5.05. The van der Waals surface area contributed by atoms with Crippen molar-refractivity contribution in [1.29, 1.82) is 0 Å². The Morgan fingerprint density at radius 1 is 0.294 bits per heavy atom. The number of hydrogen-bond acceptors (Lipinski definition) is 6. The molecule has 68 heavy (non-hydrogen) atoms. The van der Waals surface area contributed by atoms with Crippen molar-refractivity contribution in [3.05, 3.63) is 216 Å². The first-order chi connectivity index (χ1) is 33.4. The molecule has 0 saturated carbocycles. The summed E-state index contributed by atoms with van der Waals surface area (Å²) in [4.78, 5) is 0. The normalized spacial score (nSPS) is 15.4. The van der Waals surface area contributed by atoms with E-state index < -0.39 is 0 Å². The molecule has 3 aliphatic rings. The number of benzene rings is 8. The molecule has 0 spiro atoms. The molecule has 8 aromatic carbocycles. The monoisotopic (exact) mass is 917 g/mol. The molecule has 0 radical (unpaired) electrons. The van der Waals surface area contributed by atoms with Crippen LogP contribution < -0.4 is 0 Å². The molecule has 3 saturated heterocycles. The van der Waals surface area contributed by atoms with Crippen LogP contribution in [0.5, 0.6) is 0 Å². The van der Waals surface area contributed by atoms with E-state index in [1.165, 1.54) is 54.6 Å². The highest BCUT2D eigenvalue weighted by molar-refractivity contribution is 5.83. The number of methoxy groups -OCH3 is 3. The summed E-state index contributed by atoms with van der Waals surface area (Å²) >= 11 is 0. The Labute approximate surface area is 408 Å². The molecule has 8 aromatic rings. The van der Waals surface area contributed by atoms with Crippen molar-refractivity contribution in [2.45, 2.75) is 71.7 Å². The van der Waals surface area contributed by atoms with E-state index in [-0.39, 0.29) is 0 Å². The summed E-state index contributed by atoms with van der Waals surface area (Å²) in [6.45, 7) is 13.7. The number of fused-ring (bicyclic) bond motifs is 3. The highest BCUT2D eigenvalue weighted by Crippen LogP contribution is 2.14. The molecule has 3 unspecified atom stereocenters. The largest absolute Gasteiger partial charge is 0.382 e. The summed E-state index contributed by atoms with van der Waals surface area (Å²) in [5.41, 5.74) is 5.71. The summed E-state index contributed by atoms with van der Waals surface area (Å²) in [6.07, 6.45) is 5.85. The van der Waals surface area contributed by atoms with Crippen molar-refractivity contribution in [1.82, 2.24) is 0 Å². The van der Waals surface area contributed by atoms with Crippen LogP contribution >= 0.6 is 0 Å². The van der Waals surface area contributed by atoms with Gasteiger partial charge in [0.15, 0.2) is 0 Å². The molecule has 3 atom stereocenters. The van der Waals surface area contributed by atoms with Crippen molar-refractivity contribution < 1.29 is 28.4 Å². The van der Waals surface area contributed by atoms with Crippen molar-refractivity contribution in [3.63, 3.8) is 0 Å². The summed E-state index contributed by atoms with van der Waals surface area (Å²) in [5.74, 6) is 0. The number of epoxide rings is 3. The molecule has 0 aliphatic carbocycles. The summed E-state index contributed by atoms with van der Waals surface area (Å²) in [5, 5.41) is 7.86. The maximum atomic E-state index is 4.82. The van der Waals surface area contributed by atoms with E-state index >= 15 is 0 Å². The van der Waals surface area contributed by atoms with Gasteiger partial charge in [-0.25, -0.2) is 0 Å². The van der Waals surface area contributed by atoms with E-state index in [1.54, 1.807) is 21.3 Å². The third kappa shape index (κ3) is 23.8. The van der Waals surface area contributed by atoms with E-state index in [9.17, 15) is 0 Å². The maximum absolute atomic E-state index is 4.82. The second kappa shape index (κ2) is 33.7. The van der Waals surface area contributed by atoms with Gasteiger partial charge in [0.1, 0.15) is 18.3 Å². The van der Waals surface area contributed by atoms with Crippen molar-refractivity contribution in [3.8, 4) is 0 Å². The first kappa shape index (κ1) is 54.9. The first-order valence-electron chi connectivity index (χ1n) is 24.2. The average Bonchev–Trinajstić information content (AvgIpc) is 4.27. The maximum Gasteiger partial charge on any atom is 0.104 e. The molecule has 3 aliphatic heterocycles. The van der Waals surface area contributed by atoms with E-state index in [0.717, 1.165) is 65.3 Å². The molecule has 360 valence electrons. The molecule has 6 nitrogen and oxygen atoms in total. The Bertz CT molecular complexity index is 1980. The van der Waals surface area contributed by atoms with Gasteiger partial charge in [-0.1, -0.05) is 222 Å². The average molecular weight is 917 g/mol. The van der Waals surface area contributed by atoms with Crippen molar-refractivity contribution >= 4 is 32.3 Å². The van der Waals surface area contributed by atoms with E-state index in [1.807, 2.05) is 0 Å². The Morgan fingerprint density at radius 3 is 0.529 bits per heavy atom. The molecule has 0 N–H and O–H groups in total. The Kier molecular flexibility index (Phi) is 27.2. The van der Waals surface area contributed by atoms with Gasteiger partial charge in [0.2, 0.25) is 0 Å². The van der Waals surface area contributed by atoms with Crippen LogP contribution in [0.25, 0.3) is 32.3 Å². The molecule has 3 fully saturated rings. The lowest BCUT2D eigenvalue weighted by atomic mass is 10.1. The number of rotatable bonds is 10. The van der Waals surface area contributed by atoms with Crippen LogP contribution in [0.4, 0.5) is 0 Å². The molecule has 0 amide bonds. The SMILES string of the molecule is CCc1ccc(CC)cc1.CCc1ccc(CC)cc1.COCC1CO1.COCC1CO1.COCC1CO1.c1ccc2ccccc2c1.c1ccc2ccccc2c1.c1ccc2ccccc2c1. The third-order valence-electron chi connectivity index (χ3n) is 10.9. The van der Waals surface area contributed by atoms with Gasteiger partial charge in [0, 0.05) is 21.3 Å². The second-order valence-electron chi connectivity index (χ2n) is 16.3. The van der Waals surface area contributed by atoms with Crippen LogP contribution in [0.3, 0.4) is 0 Å². The molecule has 0 aromatic heterocycles. The minimum absolute atomic E-state index is 0.426. The number of aryl methyl sites for hydroxylation is 4. The minimum atomic E-state index is 0.426. The lowest BCUT2D eigenvalue weighted by Crippen LogP contribution is -1.94. The van der Waals surface area contributed by atoms with E-state index in [0.29, 0.717) is 18.3 Å². The van der Waals surface area contributed by atoms with Gasteiger partial charge in [-0.2, -0.15) is 0 Å². The lowest BCUT2D eigenvalue weighted by molar-refractivity contribution is 0.171. The Morgan fingerprint density at radius 2 is 0.441 bits per heavy atom. The van der Waals surface area contributed by atoms with Gasteiger partial charge in [-0.05, 0) is 80.3 Å². The van der Waals surface area contributed by atoms with Crippen LogP contribution in [0.2, 0.25) is 0 Å². The lowest BCUT2D eigenvalue weighted by Gasteiger charge is -1.97. The van der Waals surface area contributed by atoms with Crippen LogP contribution in [0, 0.1) is 0 Å². The number of hydrogen-bond donors (Lipinski definition) is 0. The predicted octanol–water partition coefficient (Wildman–Crippen LogP) is 14.2. The number of ether oxygens (including phenoxy) is 6. The Balaban J connectivity index is 0.000000171.